The predicted octanol–water partition coefficient (Wildman–Crippen LogP) is 5.66. The van der Waals surface area contributed by atoms with Gasteiger partial charge in [0.2, 0.25) is 11.8 Å². The maximum Gasteiger partial charge on any atom is 0.243 e. The fourth-order valence-electron chi connectivity index (χ4n) is 4.92. The third-order valence-corrected chi connectivity index (χ3v) is 7.83. The number of carbonyl (C=O) groups excluding carboxylic acids is 2. The van der Waals surface area contributed by atoms with Crippen molar-refractivity contribution in [2.45, 2.75) is 51.6 Å². The average molecular weight is 491 g/mol. The van der Waals surface area contributed by atoms with Gasteiger partial charge in [0.1, 0.15) is 12.3 Å². The van der Waals surface area contributed by atoms with E-state index in [0.29, 0.717) is 13.0 Å². The van der Waals surface area contributed by atoms with E-state index in [-0.39, 0.29) is 36.4 Å². The fourth-order valence-corrected chi connectivity index (χ4v) is 5.82. The summed E-state index contributed by atoms with van der Waals surface area (Å²) in [5.41, 5.74) is 3.23. The van der Waals surface area contributed by atoms with Gasteiger partial charge in [0, 0.05) is 17.5 Å². The van der Waals surface area contributed by atoms with Crippen LogP contribution in [0.3, 0.4) is 0 Å². The van der Waals surface area contributed by atoms with Crippen molar-refractivity contribution >= 4 is 23.2 Å². The molecule has 0 aliphatic carbocycles. The van der Waals surface area contributed by atoms with Gasteiger partial charge in [0.05, 0.1) is 19.1 Å². The number of nitrogens with zero attached hydrogens (tertiary/aromatic N) is 2. The van der Waals surface area contributed by atoms with E-state index in [0.717, 1.165) is 23.3 Å². The Morgan fingerprint density at radius 2 is 1.80 bits per heavy atom. The molecule has 184 valence electrons. The molecule has 1 aromatic heterocycles. The first kappa shape index (κ1) is 25.0. The SMILES string of the molecule is CCC(C(=O)N(CC(=O)N1CCc2sccc2C1c1ccc(OC)cc1)C(C)C)c1ccccc1. The minimum atomic E-state index is -0.256. The molecule has 0 spiro atoms. The van der Waals surface area contributed by atoms with Crippen molar-refractivity contribution in [3.63, 3.8) is 0 Å². The molecule has 0 bridgehead atoms. The van der Waals surface area contributed by atoms with Gasteiger partial charge in [-0.1, -0.05) is 49.4 Å². The molecule has 2 amide bonds. The molecule has 5 nitrogen and oxygen atoms in total. The monoisotopic (exact) mass is 490 g/mol. The molecule has 0 fully saturated rings. The summed E-state index contributed by atoms with van der Waals surface area (Å²) in [7, 11) is 1.65. The van der Waals surface area contributed by atoms with Gasteiger partial charge in [-0.2, -0.15) is 0 Å². The van der Waals surface area contributed by atoms with E-state index in [1.165, 1.54) is 10.4 Å². The molecule has 2 unspecified atom stereocenters. The zero-order valence-corrected chi connectivity index (χ0v) is 21.8. The summed E-state index contributed by atoms with van der Waals surface area (Å²) >= 11 is 1.75. The van der Waals surface area contributed by atoms with Crippen LogP contribution in [0.2, 0.25) is 0 Å². The summed E-state index contributed by atoms with van der Waals surface area (Å²) in [4.78, 5) is 32.5. The maximum absolute atomic E-state index is 13.8. The predicted molar refractivity (Wildman–Crippen MR) is 141 cm³/mol. The zero-order valence-electron chi connectivity index (χ0n) is 20.9. The molecule has 0 N–H and O–H groups in total. The lowest BCUT2D eigenvalue weighted by molar-refractivity contribution is -0.144. The van der Waals surface area contributed by atoms with Crippen LogP contribution in [0.25, 0.3) is 0 Å². The van der Waals surface area contributed by atoms with E-state index >= 15 is 0 Å². The summed E-state index contributed by atoms with van der Waals surface area (Å²) in [5, 5.41) is 2.10. The molecule has 3 aromatic rings. The first-order valence-corrected chi connectivity index (χ1v) is 13.2. The van der Waals surface area contributed by atoms with Gasteiger partial charge in [-0.25, -0.2) is 0 Å². The molecule has 2 heterocycles. The van der Waals surface area contributed by atoms with Crippen LogP contribution in [0, 0.1) is 0 Å². The molecule has 2 atom stereocenters. The van der Waals surface area contributed by atoms with E-state index in [2.05, 4.69) is 11.4 Å². The molecule has 4 rings (SSSR count). The lowest BCUT2D eigenvalue weighted by atomic mass is 9.92. The van der Waals surface area contributed by atoms with Gasteiger partial charge in [-0.15, -0.1) is 11.3 Å². The number of rotatable bonds is 8. The quantitative estimate of drug-likeness (QED) is 0.409. The highest BCUT2D eigenvalue weighted by molar-refractivity contribution is 7.10. The summed E-state index contributed by atoms with van der Waals surface area (Å²) < 4.78 is 5.34. The number of hydrogen-bond acceptors (Lipinski definition) is 4. The summed E-state index contributed by atoms with van der Waals surface area (Å²) in [6.07, 6.45) is 1.53. The third-order valence-electron chi connectivity index (χ3n) is 6.84. The average Bonchev–Trinajstić information content (AvgIpc) is 3.36. The molecule has 1 aliphatic rings. The Bertz CT molecular complexity index is 1140. The molecule has 0 saturated heterocycles. The normalized spacial score (nSPS) is 16.0. The summed E-state index contributed by atoms with van der Waals surface area (Å²) in [6, 6.07) is 19.7. The van der Waals surface area contributed by atoms with Gasteiger partial charge < -0.3 is 14.5 Å². The van der Waals surface area contributed by atoms with Crippen LogP contribution in [0.4, 0.5) is 0 Å². The molecular weight excluding hydrogens is 456 g/mol. The van der Waals surface area contributed by atoms with E-state index in [1.807, 2.05) is 80.3 Å². The van der Waals surface area contributed by atoms with Crippen molar-refractivity contribution in [3.8, 4) is 5.75 Å². The zero-order chi connectivity index (χ0) is 24.9. The van der Waals surface area contributed by atoms with Crippen LogP contribution < -0.4 is 4.74 Å². The molecule has 6 heteroatoms. The molecule has 0 radical (unpaired) electrons. The number of ether oxygens (including phenoxy) is 1. The van der Waals surface area contributed by atoms with Crippen molar-refractivity contribution in [2.75, 3.05) is 20.2 Å². The van der Waals surface area contributed by atoms with Gasteiger partial charge in [0.25, 0.3) is 0 Å². The van der Waals surface area contributed by atoms with Crippen molar-refractivity contribution in [3.05, 3.63) is 87.6 Å². The van der Waals surface area contributed by atoms with Crippen molar-refractivity contribution in [1.82, 2.24) is 9.80 Å². The molecule has 0 saturated carbocycles. The van der Waals surface area contributed by atoms with Crippen LogP contribution in [0.5, 0.6) is 5.75 Å². The Morgan fingerprint density at radius 3 is 2.43 bits per heavy atom. The number of methoxy groups -OCH3 is 1. The Balaban J connectivity index is 1.61. The molecule has 35 heavy (non-hydrogen) atoms. The Labute approximate surface area is 212 Å². The van der Waals surface area contributed by atoms with Gasteiger partial charge in [0.15, 0.2) is 0 Å². The Kier molecular flexibility index (Phi) is 7.91. The summed E-state index contributed by atoms with van der Waals surface area (Å²) in [6.45, 7) is 6.71. The van der Waals surface area contributed by atoms with Crippen LogP contribution in [0.15, 0.2) is 66.0 Å². The molecule has 2 aromatic carbocycles. The third kappa shape index (κ3) is 5.27. The second-order valence-corrected chi connectivity index (χ2v) is 10.2. The van der Waals surface area contributed by atoms with E-state index < -0.39 is 0 Å². The molecular formula is C29H34N2O3S. The standard InChI is InChI=1S/C29H34N2O3S/c1-5-24(21-9-7-6-8-10-21)29(33)31(20(2)3)19-27(32)30-17-15-26-25(16-18-35-26)28(30)22-11-13-23(34-4)14-12-22/h6-14,16,18,20,24,28H,5,15,17,19H2,1-4H3. The largest absolute Gasteiger partial charge is 0.497 e. The van der Waals surface area contributed by atoms with Crippen LogP contribution in [0.1, 0.15) is 60.7 Å². The second kappa shape index (κ2) is 11.1. The van der Waals surface area contributed by atoms with Gasteiger partial charge >= 0.3 is 0 Å². The highest BCUT2D eigenvalue weighted by Gasteiger charge is 2.35. The maximum atomic E-state index is 13.8. The van der Waals surface area contributed by atoms with Gasteiger partial charge in [-0.05, 0) is 67.0 Å². The first-order chi connectivity index (χ1) is 16.9. The smallest absolute Gasteiger partial charge is 0.243 e. The number of hydrogen-bond donors (Lipinski definition) is 0. The number of carbonyl (C=O) groups is 2. The van der Waals surface area contributed by atoms with Crippen molar-refractivity contribution in [2.24, 2.45) is 0 Å². The lowest BCUT2D eigenvalue weighted by Gasteiger charge is -2.38. The van der Waals surface area contributed by atoms with Crippen LogP contribution in [-0.4, -0.2) is 47.9 Å². The van der Waals surface area contributed by atoms with Crippen LogP contribution in [-0.2, 0) is 16.0 Å². The lowest BCUT2D eigenvalue weighted by Crippen LogP contribution is -2.49. The number of amides is 2. The van der Waals surface area contributed by atoms with E-state index in [9.17, 15) is 9.59 Å². The number of fused-ring (bicyclic) bond motifs is 1. The Morgan fingerprint density at radius 1 is 1.09 bits per heavy atom. The van der Waals surface area contributed by atoms with Crippen molar-refractivity contribution in [1.29, 1.82) is 0 Å². The topological polar surface area (TPSA) is 49.9 Å². The fraction of sp³-hybridized carbons (Fsp3) is 0.379. The first-order valence-electron chi connectivity index (χ1n) is 12.3. The van der Waals surface area contributed by atoms with E-state index in [1.54, 1.807) is 23.3 Å². The van der Waals surface area contributed by atoms with Crippen molar-refractivity contribution < 1.29 is 14.3 Å². The highest BCUT2D eigenvalue weighted by atomic mass is 32.1. The van der Waals surface area contributed by atoms with Gasteiger partial charge in [-0.3, -0.25) is 9.59 Å². The molecule has 1 aliphatic heterocycles. The highest BCUT2D eigenvalue weighted by Crippen LogP contribution is 2.38. The Hall–Kier alpha value is -3.12. The minimum absolute atomic E-state index is 0.0104. The summed E-state index contributed by atoms with van der Waals surface area (Å²) in [5.74, 6) is 0.522. The van der Waals surface area contributed by atoms with Crippen LogP contribution >= 0.6 is 11.3 Å². The number of thiophene rings is 1. The second-order valence-electron chi connectivity index (χ2n) is 9.24. The van der Waals surface area contributed by atoms with E-state index in [4.69, 9.17) is 4.74 Å². The minimum Gasteiger partial charge on any atom is -0.497 e. The number of benzene rings is 2.